The van der Waals surface area contributed by atoms with Gasteiger partial charge in [0, 0.05) is 30.1 Å². The summed E-state index contributed by atoms with van der Waals surface area (Å²) in [5.74, 6) is -2.58. The van der Waals surface area contributed by atoms with Crippen LogP contribution in [0.3, 0.4) is 0 Å². The number of rotatable bonds is 5. The summed E-state index contributed by atoms with van der Waals surface area (Å²) in [6.07, 6.45) is -2.31. The van der Waals surface area contributed by atoms with E-state index in [1.54, 1.807) is 26.0 Å². The standard InChI is InChI=1S/C29H24F3N5O5/c1-28(2,16-5-3-15(4-6-16)20-14-33-12-11-21(20)29(30,31)32)36-27(42)34-17-7-8-18-19(13-17)26(41)37(25(18)40)22-9-10-23(38)35-24(22)39/h3-8,11-14,22H,9-10H2,1-2H3,(H2,34,36,42)(H,35,38,39). The van der Waals surface area contributed by atoms with Gasteiger partial charge in [0.05, 0.1) is 22.2 Å². The first kappa shape index (κ1) is 28.5. The molecular formula is C29H24F3N5O5. The minimum Gasteiger partial charge on any atom is -0.329 e. The Morgan fingerprint density at radius 3 is 2.31 bits per heavy atom. The van der Waals surface area contributed by atoms with Crippen molar-refractivity contribution in [1.82, 2.24) is 20.5 Å². The van der Waals surface area contributed by atoms with E-state index in [4.69, 9.17) is 0 Å². The number of anilines is 1. The molecule has 2 aliphatic heterocycles. The third-order valence-corrected chi connectivity index (χ3v) is 7.17. The van der Waals surface area contributed by atoms with Crippen molar-refractivity contribution in [2.45, 2.75) is 44.4 Å². The molecule has 1 atom stereocenters. The number of alkyl halides is 3. The van der Waals surface area contributed by atoms with Crippen LogP contribution < -0.4 is 16.0 Å². The number of halogens is 3. The molecule has 0 saturated carbocycles. The first-order valence-corrected chi connectivity index (χ1v) is 12.8. The van der Waals surface area contributed by atoms with Crippen molar-refractivity contribution in [2.75, 3.05) is 5.32 Å². The number of fused-ring (bicyclic) bond motifs is 1. The lowest BCUT2D eigenvalue weighted by Crippen LogP contribution is -2.54. The largest absolute Gasteiger partial charge is 0.417 e. The quantitative estimate of drug-likeness (QED) is 0.387. The summed E-state index contributed by atoms with van der Waals surface area (Å²) in [7, 11) is 0. The van der Waals surface area contributed by atoms with Crippen LogP contribution in [0.2, 0.25) is 0 Å². The Hall–Kier alpha value is -5.07. The Kier molecular flexibility index (Phi) is 7.05. The van der Waals surface area contributed by atoms with Gasteiger partial charge in [-0.05, 0) is 55.7 Å². The van der Waals surface area contributed by atoms with E-state index in [-0.39, 0.29) is 35.2 Å². The van der Waals surface area contributed by atoms with Gasteiger partial charge in [-0.2, -0.15) is 13.2 Å². The molecule has 3 N–H and O–H groups in total. The van der Waals surface area contributed by atoms with E-state index in [1.807, 2.05) is 0 Å². The second-order valence-corrected chi connectivity index (χ2v) is 10.4. The van der Waals surface area contributed by atoms with E-state index in [2.05, 4.69) is 20.9 Å². The van der Waals surface area contributed by atoms with Crippen LogP contribution in [0.15, 0.2) is 60.9 Å². The van der Waals surface area contributed by atoms with Crippen molar-refractivity contribution in [2.24, 2.45) is 0 Å². The molecule has 13 heteroatoms. The van der Waals surface area contributed by atoms with E-state index in [9.17, 15) is 37.1 Å². The van der Waals surface area contributed by atoms with Gasteiger partial charge in [-0.15, -0.1) is 0 Å². The van der Waals surface area contributed by atoms with E-state index in [1.165, 1.54) is 30.3 Å². The number of aromatic nitrogens is 1. The number of carbonyl (C=O) groups is 5. The van der Waals surface area contributed by atoms with E-state index >= 15 is 0 Å². The maximum atomic E-state index is 13.4. The Bertz CT molecular complexity index is 1640. The molecule has 0 radical (unpaired) electrons. The maximum absolute atomic E-state index is 13.4. The molecule has 1 fully saturated rings. The van der Waals surface area contributed by atoms with Crippen molar-refractivity contribution in [3.05, 3.63) is 83.2 Å². The number of nitrogens with zero attached hydrogens (tertiary/aromatic N) is 2. The predicted molar refractivity (Wildman–Crippen MR) is 143 cm³/mol. The van der Waals surface area contributed by atoms with Crippen molar-refractivity contribution in [3.63, 3.8) is 0 Å². The molecule has 3 aromatic rings. The Morgan fingerprint density at radius 2 is 1.64 bits per heavy atom. The van der Waals surface area contributed by atoms with Gasteiger partial charge >= 0.3 is 12.2 Å². The zero-order chi connectivity index (χ0) is 30.4. The summed E-state index contributed by atoms with van der Waals surface area (Å²) in [6.45, 7) is 3.41. The topological polar surface area (TPSA) is 138 Å². The fourth-order valence-electron chi connectivity index (χ4n) is 5.01. The zero-order valence-electron chi connectivity index (χ0n) is 22.3. The van der Waals surface area contributed by atoms with Crippen LogP contribution in [0.4, 0.5) is 23.7 Å². The highest BCUT2D eigenvalue weighted by molar-refractivity contribution is 6.23. The molecule has 3 heterocycles. The van der Waals surface area contributed by atoms with Crippen LogP contribution in [-0.4, -0.2) is 45.6 Å². The monoisotopic (exact) mass is 579 g/mol. The number of benzene rings is 2. The minimum absolute atomic E-state index is 0.00553. The molecule has 0 aliphatic carbocycles. The molecule has 0 spiro atoms. The fraction of sp³-hybridized carbons (Fsp3) is 0.241. The molecule has 0 bridgehead atoms. The van der Waals surface area contributed by atoms with Gasteiger partial charge in [0.2, 0.25) is 11.8 Å². The summed E-state index contributed by atoms with van der Waals surface area (Å²) < 4.78 is 40.3. The number of amides is 6. The SMILES string of the molecule is CC(C)(NC(=O)Nc1ccc2c(c1)C(=O)N(C1CCC(=O)NC1=O)C2=O)c1ccc(-c2cnccc2C(F)(F)F)cc1. The van der Waals surface area contributed by atoms with Crippen LogP contribution in [0.25, 0.3) is 11.1 Å². The molecular weight excluding hydrogens is 555 g/mol. The van der Waals surface area contributed by atoms with Gasteiger partial charge in [-0.3, -0.25) is 34.4 Å². The smallest absolute Gasteiger partial charge is 0.329 e. The zero-order valence-corrected chi connectivity index (χ0v) is 22.3. The summed E-state index contributed by atoms with van der Waals surface area (Å²) in [5.41, 5.74) is -0.645. The first-order chi connectivity index (χ1) is 19.8. The van der Waals surface area contributed by atoms with Crippen LogP contribution in [-0.2, 0) is 21.3 Å². The van der Waals surface area contributed by atoms with Crippen molar-refractivity contribution in [3.8, 4) is 11.1 Å². The lowest BCUT2D eigenvalue weighted by Gasteiger charge is -2.27. The molecule has 6 amide bonds. The highest BCUT2D eigenvalue weighted by Gasteiger charge is 2.44. The van der Waals surface area contributed by atoms with Crippen LogP contribution in [0.1, 0.15) is 58.5 Å². The number of urea groups is 1. The second-order valence-electron chi connectivity index (χ2n) is 10.4. The fourth-order valence-corrected chi connectivity index (χ4v) is 5.01. The molecule has 1 saturated heterocycles. The average molecular weight is 580 g/mol. The van der Waals surface area contributed by atoms with Gasteiger partial charge in [0.1, 0.15) is 6.04 Å². The van der Waals surface area contributed by atoms with Gasteiger partial charge < -0.3 is 10.6 Å². The van der Waals surface area contributed by atoms with Gasteiger partial charge in [0.15, 0.2) is 0 Å². The van der Waals surface area contributed by atoms with Crippen molar-refractivity contribution in [1.29, 1.82) is 0 Å². The summed E-state index contributed by atoms with van der Waals surface area (Å²) >= 11 is 0. The Balaban J connectivity index is 1.28. The van der Waals surface area contributed by atoms with Gasteiger partial charge in [0.25, 0.3) is 11.8 Å². The third-order valence-electron chi connectivity index (χ3n) is 7.17. The number of nitrogens with one attached hydrogen (secondary N) is 3. The molecule has 1 aromatic heterocycles. The number of piperidine rings is 1. The van der Waals surface area contributed by atoms with Crippen LogP contribution in [0.5, 0.6) is 0 Å². The highest BCUT2D eigenvalue weighted by atomic mass is 19.4. The van der Waals surface area contributed by atoms with Crippen LogP contribution in [0, 0.1) is 0 Å². The molecule has 2 aliphatic rings. The molecule has 5 rings (SSSR count). The number of carbonyl (C=O) groups excluding carboxylic acids is 5. The number of pyridine rings is 1. The summed E-state index contributed by atoms with van der Waals surface area (Å²) in [5, 5.41) is 7.53. The number of imide groups is 2. The lowest BCUT2D eigenvalue weighted by molar-refractivity contribution is -0.137. The molecule has 2 aromatic carbocycles. The van der Waals surface area contributed by atoms with Crippen molar-refractivity contribution >= 4 is 35.3 Å². The van der Waals surface area contributed by atoms with Gasteiger partial charge in [-0.25, -0.2) is 4.79 Å². The summed E-state index contributed by atoms with van der Waals surface area (Å²) in [4.78, 5) is 67.1. The predicted octanol–water partition coefficient (Wildman–Crippen LogP) is 4.23. The maximum Gasteiger partial charge on any atom is 0.417 e. The summed E-state index contributed by atoms with van der Waals surface area (Å²) in [6, 6.07) is 9.52. The minimum atomic E-state index is -4.55. The Labute approximate surface area is 237 Å². The number of hydrogen-bond donors (Lipinski definition) is 3. The normalized spacial score (nSPS) is 17.2. The molecule has 42 heavy (non-hydrogen) atoms. The average Bonchev–Trinajstić information content (AvgIpc) is 3.17. The molecule has 1 unspecified atom stereocenters. The number of hydrogen-bond acceptors (Lipinski definition) is 6. The van der Waals surface area contributed by atoms with Crippen LogP contribution >= 0.6 is 0 Å². The second kappa shape index (κ2) is 10.4. The van der Waals surface area contributed by atoms with E-state index < -0.39 is 53.0 Å². The Morgan fingerprint density at radius 1 is 0.952 bits per heavy atom. The lowest BCUT2D eigenvalue weighted by atomic mass is 9.92. The first-order valence-electron chi connectivity index (χ1n) is 12.8. The highest BCUT2D eigenvalue weighted by Crippen LogP contribution is 2.37. The van der Waals surface area contributed by atoms with Crippen molar-refractivity contribution < 1.29 is 37.1 Å². The third kappa shape index (κ3) is 5.32. The molecule has 10 nitrogen and oxygen atoms in total. The molecule has 216 valence electrons. The van der Waals surface area contributed by atoms with E-state index in [0.717, 1.165) is 23.4 Å². The van der Waals surface area contributed by atoms with E-state index in [0.29, 0.717) is 11.1 Å². The van der Waals surface area contributed by atoms with Gasteiger partial charge in [-0.1, -0.05) is 24.3 Å².